The number of hydrogen-bond acceptors (Lipinski definition) is 10. The molecule has 0 unspecified atom stereocenters. The molecule has 0 radical (unpaired) electrons. The Morgan fingerprint density at radius 3 is 1.76 bits per heavy atom. The number of methoxy groups -OCH3 is 1. The third-order valence-electron chi connectivity index (χ3n) is 5.37. The minimum atomic E-state index is -1.55. The van der Waals surface area contributed by atoms with E-state index in [1.807, 2.05) is 0 Å². The molecule has 2 aromatic rings. The molecule has 10 nitrogen and oxygen atoms in total. The number of hydrogen-bond donors (Lipinski definition) is 0. The van der Waals surface area contributed by atoms with Gasteiger partial charge in [0.2, 0.25) is 0 Å². The van der Waals surface area contributed by atoms with Crippen molar-refractivity contribution in [1.29, 1.82) is 0 Å². The van der Waals surface area contributed by atoms with Gasteiger partial charge in [0, 0.05) is 6.42 Å². The van der Waals surface area contributed by atoms with E-state index >= 15 is 0 Å². The van der Waals surface area contributed by atoms with Gasteiger partial charge in [-0.1, -0.05) is 52.3 Å². The van der Waals surface area contributed by atoms with Crippen LogP contribution in [0.15, 0.2) is 60.7 Å². The van der Waals surface area contributed by atoms with Gasteiger partial charge in [0.1, 0.15) is 5.78 Å². The quantitative estimate of drug-likeness (QED) is 0.249. The Morgan fingerprint density at radius 1 is 0.757 bits per heavy atom. The molecule has 3 rings (SSSR count). The molecule has 0 spiro atoms. The van der Waals surface area contributed by atoms with E-state index in [1.165, 1.54) is 31.2 Å². The number of ether oxygens (including phenoxy) is 5. The predicted octanol–water partition coefficient (Wildman–Crippen LogP) is 3.01. The molecule has 1 saturated heterocycles. The molecular formula is C26H25BrO10. The highest BCUT2D eigenvalue weighted by molar-refractivity contribution is 9.09. The van der Waals surface area contributed by atoms with Gasteiger partial charge < -0.3 is 28.5 Å². The number of carbonyl (C=O) groups is 5. The minimum absolute atomic E-state index is 0.0941. The number of rotatable bonds is 9. The second-order valence-corrected chi connectivity index (χ2v) is 8.96. The van der Waals surface area contributed by atoms with Gasteiger partial charge in [0.15, 0.2) is 29.4 Å². The summed E-state index contributed by atoms with van der Waals surface area (Å²) < 4.78 is 27.3. The van der Waals surface area contributed by atoms with Crippen molar-refractivity contribution in [3.8, 4) is 0 Å². The van der Waals surface area contributed by atoms with Crippen LogP contribution in [-0.2, 0) is 38.1 Å². The van der Waals surface area contributed by atoms with Crippen molar-refractivity contribution >= 4 is 45.6 Å². The van der Waals surface area contributed by atoms with Crippen LogP contribution in [0.3, 0.4) is 0 Å². The minimum Gasteiger partial charge on any atom is -0.467 e. The Hall–Kier alpha value is -3.57. The fraction of sp³-hybridized carbons (Fsp3) is 0.346. The number of esters is 4. The number of Topliss-reactive ketones (excluding diaryl/α,β-unsaturated/α-hetero) is 1. The first kappa shape index (κ1) is 28.0. The molecule has 0 aliphatic carbocycles. The van der Waals surface area contributed by atoms with Gasteiger partial charge in [-0.05, 0) is 31.2 Å². The third-order valence-corrected chi connectivity index (χ3v) is 6.11. The fourth-order valence-corrected chi connectivity index (χ4v) is 4.15. The maximum Gasteiger partial charge on any atom is 0.339 e. The zero-order valence-corrected chi connectivity index (χ0v) is 21.6. The lowest BCUT2D eigenvalue weighted by atomic mass is 9.98. The van der Waals surface area contributed by atoms with E-state index < -0.39 is 53.3 Å². The fourth-order valence-electron chi connectivity index (χ4n) is 3.51. The van der Waals surface area contributed by atoms with Crippen LogP contribution in [0.5, 0.6) is 0 Å². The van der Waals surface area contributed by atoms with Crippen molar-refractivity contribution < 1.29 is 47.7 Å². The van der Waals surface area contributed by atoms with E-state index in [2.05, 4.69) is 15.9 Å². The van der Waals surface area contributed by atoms with Crippen molar-refractivity contribution in [3.63, 3.8) is 0 Å². The average Bonchev–Trinajstić information content (AvgIpc) is 2.91. The predicted molar refractivity (Wildman–Crippen MR) is 131 cm³/mol. The SMILES string of the molecule is COC(=O)[C@H]1O[C@H](Br)[C@H](OC(=O)c2ccccc2)[C@@H](OC(=O)CCC(C)=O)[C@@H]1OC(=O)c1ccccc1. The lowest BCUT2D eigenvalue weighted by Gasteiger charge is -2.42. The Bertz CT molecular complexity index is 1120. The van der Waals surface area contributed by atoms with Crippen LogP contribution in [0.2, 0.25) is 0 Å². The summed E-state index contributed by atoms with van der Waals surface area (Å²) in [4.78, 5) is 62.4. The molecular weight excluding hydrogens is 552 g/mol. The van der Waals surface area contributed by atoms with Crippen LogP contribution in [0, 0.1) is 0 Å². The third kappa shape index (κ3) is 7.46. The molecule has 196 valence electrons. The normalized spacial score (nSPS) is 22.8. The molecule has 1 heterocycles. The molecule has 5 atom stereocenters. The molecule has 37 heavy (non-hydrogen) atoms. The Morgan fingerprint density at radius 2 is 1.27 bits per heavy atom. The van der Waals surface area contributed by atoms with Gasteiger partial charge in [0.05, 0.1) is 24.7 Å². The summed E-state index contributed by atoms with van der Waals surface area (Å²) in [7, 11) is 1.11. The molecule has 2 aromatic carbocycles. The van der Waals surface area contributed by atoms with E-state index in [0.29, 0.717) is 0 Å². The summed E-state index contributed by atoms with van der Waals surface area (Å²) in [5.74, 6) is -3.59. The van der Waals surface area contributed by atoms with E-state index in [0.717, 1.165) is 7.11 Å². The van der Waals surface area contributed by atoms with Crippen LogP contribution in [0.4, 0.5) is 0 Å². The Kier molecular flexibility index (Phi) is 9.93. The second kappa shape index (κ2) is 13.1. The van der Waals surface area contributed by atoms with Gasteiger partial charge in [-0.15, -0.1) is 0 Å². The van der Waals surface area contributed by atoms with Gasteiger partial charge in [-0.2, -0.15) is 0 Å². The van der Waals surface area contributed by atoms with E-state index in [4.69, 9.17) is 23.7 Å². The maximum atomic E-state index is 12.9. The zero-order valence-electron chi connectivity index (χ0n) is 20.0. The van der Waals surface area contributed by atoms with Crippen molar-refractivity contribution in [1.82, 2.24) is 0 Å². The van der Waals surface area contributed by atoms with E-state index in [1.54, 1.807) is 36.4 Å². The summed E-state index contributed by atoms with van der Waals surface area (Å²) in [5, 5.41) is -1.15. The molecule has 0 bridgehead atoms. The Balaban J connectivity index is 1.96. The first-order chi connectivity index (χ1) is 17.7. The first-order valence-corrected chi connectivity index (χ1v) is 12.2. The van der Waals surface area contributed by atoms with Gasteiger partial charge in [-0.25, -0.2) is 14.4 Å². The van der Waals surface area contributed by atoms with E-state index in [-0.39, 0.29) is 29.8 Å². The summed E-state index contributed by atoms with van der Waals surface area (Å²) in [5.41, 5.74) is 0.364. The number of carbonyl (C=O) groups excluding carboxylic acids is 5. The molecule has 0 aromatic heterocycles. The van der Waals surface area contributed by atoms with Gasteiger partial charge in [0.25, 0.3) is 0 Å². The molecule has 1 aliphatic heterocycles. The van der Waals surface area contributed by atoms with Crippen molar-refractivity contribution in [2.75, 3.05) is 7.11 Å². The maximum absolute atomic E-state index is 12.9. The molecule has 1 fully saturated rings. The van der Waals surface area contributed by atoms with Crippen LogP contribution >= 0.6 is 15.9 Å². The largest absolute Gasteiger partial charge is 0.467 e. The number of alkyl halides is 1. The van der Waals surface area contributed by atoms with Crippen molar-refractivity contribution in [2.45, 2.75) is 49.2 Å². The monoisotopic (exact) mass is 576 g/mol. The standard InChI is InChI=1S/C26H25BrO10/c1-15(28)13-14-18(29)34-19-20(36-24(30)16-9-5-3-6-10-16)22(26(32)33-2)35-23(27)21(19)37-25(31)17-11-7-4-8-12-17/h3-12,19-23H,13-14H2,1-2H3/t19-,20-,21+,22-,23-/m0/s1. The molecule has 0 saturated carbocycles. The van der Waals surface area contributed by atoms with Crippen LogP contribution < -0.4 is 0 Å². The summed E-state index contributed by atoms with van der Waals surface area (Å²) in [6.45, 7) is 1.32. The van der Waals surface area contributed by atoms with Gasteiger partial charge in [-0.3, -0.25) is 4.79 Å². The van der Waals surface area contributed by atoms with Crippen LogP contribution in [-0.4, -0.2) is 66.2 Å². The van der Waals surface area contributed by atoms with Crippen LogP contribution in [0.1, 0.15) is 40.5 Å². The van der Waals surface area contributed by atoms with Crippen LogP contribution in [0.25, 0.3) is 0 Å². The summed E-state index contributed by atoms with van der Waals surface area (Å²) in [6, 6.07) is 15.9. The second-order valence-electron chi connectivity index (χ2n) is 8.06. The average molecular weight is 577 g/mol. The highest BCUT2D eigenvalue weighted by Crippen LogP contribution is 2.33. The first-order valence-electron chi connectivity index (χ1n) is 11.3. The number of ketones is 1. The highest BCUT2D eigenvalue weighted by atomic mass is 79.9. The van der Waals surface area contributed by atoms with E-state index in [9.17, 15) is 24.0 Å². The summed E-state index contributed by atoms with van der Waals surface area (Å²) in [6.07, 6.45) is -6.28. The number of halogens is 1. The molecule has 1 aliphatic rings. The Labute approximate surface area is 221 Å². The lowest BCUT2D eigenvalue weighted by molar-refractivity contribution is -0.221. The molecule has 0 amide bonds. The molecule has 0 N–H and O–H groups in total. The van der Waals surface area contributed by atoms with Crippen molar-refractivity contribution in [2.24, 2.45) is 0 Å². The summed E-state index contributed by atoms with van der Waals surface area (Å²) >= 11 is 3.23. The number of benzene rings is 2. The van der Waals surface area contributed by atoms with Gasteiger partial charge >= 0.3 is 23.9 Å². The zero-order chi connectivity index (χ0) is 26.9. The topological polar surface area (TPSA) is 132 Å². The lowest BCUT2D eigenvalue weighted by Crippen LogP contribution is -2.62. The smallest absolute Gasteiger partial charge is 0.339 e. The highest BCUT2D eigenvalue weighted by Gasteiger charge is 2.54. The molecule has 11 heteroatoms. The van der Waals surface area contributed by atoms with Crippen molar-refractivity contribution in [3.05, 3.63) is 71.8 Å².